The predicted molar refractivity (Wildman–Crippen MR) is 109 cm³/mol. The average molecular weight is 340 g/mol. The number of hydrogen-bond acceptors (Lipinski definition) is 2. The third-order valence-electron chi connectivity index (χ3n) is 5.51. The molecule has 26 heavy (non-hydrogen) atoms. The quantitative estimate of drug-likeness (QED) is 0.364. The van der Waals surface area contributed by atoms with E-state index in [1.165, 1.54) is 48.7 Å². The Hall–Kier alpha value is -2.68. The first-order valence-corrected chi connectivity index (χ1v) is 9.14. The highest BCUT2D eigenvalue weighted by atomic mass is 16.3. The molecule has 0 spiro atoms. The van der Waals surface area contributed by atoms with E-state index in [-0.39, 0.29) is 13.2 Å². The topological polar surface area (TPSA) is 40.5 Å². The van der Waals surface area contributed by atoms with Crippen LogP contribution in [0.3, 0.4) is 0 Å². The van der Waals surface area contributed by atoms with E-state index in [9.17, 15) is 10.2 Å². The Morgan fingerprint density at radius 2 is 1.35 bits per heavy atom. The molecule has 0 aliphatic carbocycles. The van der Waals surface area contributed by atoms with Gasteiger partial charge in [0.2, 0.25) is 0 Å². The van der Waals surface area contributed by atoms with Crippen molar-refractivity contribution in [3.63, 3.8) is 0 Å². The van der Waals surface area contributed by atoms with Gasteiger partial charge in [0, 0.05) is 13.2 Å². The second-order valence-electron chi connectivity index (χ2n) is 7.00. The minimum absolute atomic E-state index is 0.147. The maximum Gasteiger partial charge on any atom is 0.0471 e. The van der Waals surface area contributed by atoms with E-state index in [2.05, 4.69) is 60.7 Å². The zero-order valence-electron chi connectivity index (χ0n) is 14.5. The Labute approximate surface area is 151 Å². The van der Waals surface area contributed by atoms with E-state index in [0.29, 0.717) is 12.8 Å². The summed E-state index contributed by atoms with van der Waals surface area (Å²) in [4.78, 5) is 0. The van der Waals surface area contributed by atoms with Gasteiger partial charge < -0.3 is 10.2 Å². The van der Waals surface area contributed by atoms with E-state index < -0.39 is 0 Å². The lowest BCUT2D eigenvalue weighted by Gasteiger charge is -2.18. The van der Waals surface area contributed by atoms with Gasteiger partial charge in [-0.05, 0) is 67.1 Å². The maximum atomic E-state index is 9.57. The monoisotopic (exact) mass is 340 g/mol. The van der Waals surface area contributed by atoms with Crippen LogP contribution in [0, 0.1) is 0 Å². The first-order valence-electron chi connectivity index (χ1n) is 9.14. The fourth-order valence-electron chi connectivity index (χ4n) is 4.47. The fourth-order valence-corrected chi connectivity index (χ4v) is 4.47. The highest BCUT2D eigenvalue weighted by molar-refractivity contribution is 6.33. The van der Waals surface area contributed by atoms with Crippen LogP contribution in [0.2, 0.25) is 0 Å². The van der Waals surface area contributed by atoms with E-state index >= 15 is 0 Å². The predicted octanol–water partition coefficient (Wildman–Crippen LogP) is 4.81. The minimum atomic E-state index is 0.147. The molecule has 0 aromatic heterocycles. The Morgan fingerprint density at radius 3 is 2.12 bits per heavy atom. The zero-order valence-corrected chi connectivity index (χ0v) is 14.5. The summed E-state index contributed by atoms with van der Waals surface area (Å²) in [5, 5.41) is 29.0. The molecule has 0 atom stereocenters. The van der Waals surface area contributed by atoms with Crippen molar-refractivity contribution < 1.29 is 10.2 Å². The van der Waals surface area contributed by atoms with Crippen LogP contribution in [0.5, 0.6) is 0 Å². The summed E-state index contributed by atoms with van der Waals surface area (Å²) in [6.07, 6.45) is 1.32. The molecule has 2 heteroatoms. The Kier molecular flexibility index (Phi) is 3.56. The molecule has 0 bridgehead atoms. The summed E-state index contributed by atoms with van der Waals surface area (Å²) in [6, 6.07) is 21.7. The molecule has 5 rings (SSSR count). The van der Waals surface area contributed by atoms with Gasteiger partial charge in [-0.15, -0.1) is 0 Å². The van der Waals surface area contributed by atoms with Crippen molar-refractivity contribution in [3.05, 3.63) is 71.8 Å². The number of fused-ring (bicyclic) bond motifs is 2. The fraction of sp³-hybridized carbons (Fsp3) is 0.167. The largest absolute Gasteiger partial charge is 0.396 e. The van der Waals surface area contributed by atoms with Crippen molar-refractivity contribution in [3.8, 4) is 0 Å². The van der Waals surface area contributed by atoms with Gasteiger partial charge in [0.05, 0.1) is 0 Å². The van der Waals surface area contributed by atoms with Gasteiger partial charge in [-0.2, -0.15) is 0 Å². The summed E-state index contributed by atoms with van der Waals surface area (Å²) >= 11 is 0. The van der Waals surface area contributed by atoms with Gasteiger partial charge in [-0.3, -0.25) is 0 Å². The number of aliphatic hydroxyl groups excluding tert-OH is 2. The van der Waals surface area contributed by atoms with Crippen LogP contribution in [0.15, 0.2) is 60.7 Å². The summed E-state index contributed by atoms with van der Waals surface area (Å²) < 4.78 is 0. The summed E-state index contributed by atoms with van der Waals surface area (Å²) in [6.45, 7) is 0.301. The Bertz CT molecular complexity index is 1250. The van der Waals surface area contributed by atoms with E-state index in [0.717, 1.165) is 5.56 Å². The minimum Gasteiger partial charge on any atom is -0.396 e. The third kappa shape index (κ3) is 2.13. The standard InChI is InChI=1S/C24H20O2/c25-11-9-15-13-18-8-7-17(10-12-26)23-20-6-2-4-16-3-1-5-19(22(16)20)21(14-15)24(18)23/h1-8,13-14,25-26H,9-12H2. The molecule has 0 unspecified atom stereocenters. The van der Waals surface area contributed by atoms with Crippen molar-refractivity contribution in [1.82, 2.24) is 0 Å². The van der Waals surface area contributed by atoms with E-state index in [4.69, 9.17) is 0 Å². The van der Waals surface area contributed by atoms with Gasteiger partial charge >= 0.3 is 0 Å². The van der Waals surface area contributed by atoms with Gasteiger partial charge in [-0.1, -0.05) is 60.7 Å². The molecule has 0 amide bonds. The Balaban J connectivity index is 2.10. The molecule has 5 aromatic carbocycles. The van der Waals surface area contributed by atoms with Gasteiger partial charge in [0.15, 0.2) is 0 Å². The van der Waals surface area contributed by atoms with Crippen molar-refractivity contribution in [1.29, 1.82) is 0 Å². The molecule has 0 aliphatic heterocycles. The molecule has 0 saturated carbocycles. The molecule has 128 valence electrons. The lowest BCUT2D eigenvalue weighted by Crippen LogP contribution is -1.97. The highest BCUT2D eigenvalue weighted by Crippen LogP contribution is 2.42. The Morgan fingerprint density at radius 1 is 0.577 bits per heavy atom. The smallest absolute Gasteiger partial charge is 0.0471 e. The SMILES string of the molecule is OCCc1cc2ccc(CCO)c3c4cccc5cccc(c(c1)c23)c54. The molecule has 0 radical (unpaired) electrons. The highest BCUT2D eigenvalue weighted by Gasteiger charge is 2.16. The second kappa shape index (κ2) is 5.94. The zero-order chi connectivity index (χ0) is 17.7. The molecule has 5 aromatic rings. The molecule has 0 fully saturated rings. The molecule has 0 heterocycles. The number of aliphatic hydroxyl groups is 2. The second-order valence-corrected chi connectivity index (χ2v) is 7.00. The van der Waals surface area contributed by atoms with Crippen molar-refractivity contribution in [2.75, 3.05) is 13.2 Å². The summed E-state index contributed by atoms with van der Waals surface area (Å²) in [5.41, 5.74) is 2.35. The lowest BCUT2D eigenvalue weighted by atomic mass is 9.86. The van der Waals surface area contributed by atoms with Crippen LogP contribution >= 0.6 is 0 Å². The molecule has 0 saturated heterocycles. The van der Waals surface area contributed by atoms with Crippen molar-refractivity contribution in [2.24, 2.45) is 0 Å². The number of benzene rings is 5. The van der Waals surface area contributed by atoms with Gasteiger partial charge in [0.25, 0.3) is 0 Å². The molecular weight excluding hydrogens is 320 g/mol. The molecule has 0 aliphatic rings. The lowest BCUT2D eigenvalue weighted by molar-refractivity contribution is 0.299. The summed E-state index contributed by atoms with van der Waals surface area (Å²) in [5.74, 6) is 0. The van der Waals surface area contributed by atoms with Crippen LogP contribution in [-0.4, -0.2) is 23.4 Å². The molecular formula is C24H20O2. The van der Waals surface area contributed by atoms with Crippen LogP contribution in [0.4, 0.5) is 0 Å². The van der Waals surface area contributed by atoms with Gasteiger partial charge in [-0.25, -0.2) is 0 Å². The first kappa shape index (κ1) is 15.6. The normalized spacial score (nSPS) is 12.1. The number of hydrogen-bond donors (Lipinski definition) is 2. The first-order chi connectivity index (χ1) is 12.8. The molecule has 2 N–H and O–H groups in total. The third-order valence-corrected chi connectivity index (χ3v) is 5.51. The van der Waals surface area contributed by atoms with Crippen LogP contribution in [0.1, 0.15) is 11.1 Å². The van der Waals surface area contributed by atoms with E-state index in [1.54, 1.807) is 0 Å². The van der Waals surface area contributed by atoms with E-state index in [1.807, 2.05) is 0 Å². The molecule has 2 nitrogen and oxygen atoms in total. The maximum absolute atomic E-state index is 9.57. The summed E-state index contributed by atoms with van der Waals surface area (Å²) in [7, 11) is 0. The van der Waals surface area contributed by atoms with Crippen LogP contribution in [0.25, 0.3) is 43.1 Å². The van der Waals surface area contributed by atoms with Crippen molar-refractivity contribution in [2.45, 2.75) is 12.8 Å². The van der Waals surface area contributed by atoms with Crippen LogP contribution < -0.4 is 0 Å². The van der Waals surface area contributed by atoms with Crippen LogP contribution in [-0.2, 0) is 12.8 Å². The number of rotatable bonds is 4. The van der Waals surface area contributed by atoms with Gasteiger partial charge in [0.1, 0.15) is 0 Å². The van der Waals surface area contributed by atoms with Crippen molar-refractivity contribution >= 4 is 43.1 Å². The average Bonchev–Trinajstić information content (AvgIpc) is 2.67.